The molecule has 67 heavy (non-hydrogen) atoms. The van der Waals surface area contributed by atoms with E-state index in [1.807, 2.05) is 0 Å². The van der Waals surface area contributed by atoms with Gasteiger partial charge in [-0.3, -0.25) is 0 Å². The fourth-order valence-electron chi connectivity index (χ4n) is 11.5. The maximum Gasteiger partial charge on any atom is 0.0720 e. The molecule has 0 saturated heterocycles. The third-order valence-corrected chi connectivity index (χ3v) is 13.9. The van der Waals surface area contributed by atoms with Crippen molar-refractivity contribution in [3.63, 3.8) is 0 Å². The van der Waals surface area contributed by atoms with Gasteiger partial charge in [0, 0.05) is 33.8 Å². The lowest BCUT2D eigenvalue weighted by atomic mass is 9.66. The van der Waals surface area contributed by atoms with E-state index in [9.17, 15) is 0 Å². The van der Waals surface area contributed by atoms with Crippen molar-refractivity contribution in [3.8, 4) is 11.1 Å². The van der Waals surface area contributed by atoms with Crippen LogP contribution in [0.4, 0.5) is 34.1 Å². The van der Waals surface area contributed by atoms with E-state index in [0.717, 1.165) is 34.1 Å². The largest absolute Gasteiger partial charge is 0.310 e. The molecule has 0 saturated carbocycles. The van der Waals surface area contributed by atoms with Crippen molar-refractivity contribution in [1.29, 1.82) is 0 Å². The SMILES string of the molecule is Cc1cc(C)cc(N(c2ccccc2)c2ccc3c4c(c5ccccc5c3c2)-c2c(cc(N(c3ccccc3)c3cc(C)cc(C)c3)c3ccccc23)C4(c2ccccc2)c2ccccc2)c1. The molecule has 320 valence electrons. The number of para-hydroxylation sites is 2. The summed E-state index contributed by atoms with van der Waals surface area (Å²) < 4.78 is 0. The van der Waals surface area contributed by atoms with Crippen molar-refractivity contribution < 1.29 is 0 Å². The summed E-state index contributed by atoms with van der Waals surface area (Å²) in [5.41, 5.74) is 18.7. The van der Waals surface area contributed by atoms with E-state index in [2.05, 4.69) is 268 Å². The number of hydrogen-bond donors (Lipinski definition) is 0. The fourth-order valence-corrected chi connectivity index (χ4v) is 11.5. The third kappa shape index (κ3) is 6.47. The van der Waals surface area contributed by atoms with Gasteiger partial charge in [0.1, 0.15) is 0 Å². The van der Waals surface area contributed by atoms with Crippen LogP contribution in [0.2, 0.25) is 0 Å². The predicted molar refractivity (Wildman–Crippen MR) is 285 cm³/mol. The molecule has 0 atom stereocenters. The Labute approximate surface area is 393 Å². The van der Waals surface area contributed by atoms with Gasteiger partial charge in [0.2, 0.25) is 0 Å². The molecule has 0 radical (unpaired) electrons. The molecule has 0 fully saturated rings. The number of anilines is 6. The van der Waals surface area contributed by atoms with Gasteiger partial charge >= 0.3 is 0 Å². The highest BCUT2D eigenvalue weighted by Gasteiger charge is 2.49. The molecule has 0 unspecified atom stereocenters. The topological polar surface area (TPSA) is 6.48 Å². The molecule has 0 aromatic heterocycles. The highest BCUT2D eigenvalue weighted by Crippen LogP contribution is 2.63. The zero-order chi connectivity index (χ0) is 45.2. The second kappa shape index (κ2) is 16.0. The number of benzene rings is 11. The second-order valence-electron chi connectivity index (χ2n) is 18.4. The molecule has 12 rings (SSSR count). The van der Waals surface area contributed by atoms with Crippen LogP contribution < -0.4 is 9.80 Å². The van der Waals surface area contributed by atoms with Crippen LogP contribution in [0.3, 0.4) is 0 Å². The zero-order valence-corrected chi connectivity index (χ0v) is 38.3. The summed E-state index contributed by atoms with van der Waals surface area (Å²) >= 11 is 0. The monoisotopic (exact) mass is 858 g/mol. The quantitative estimate of drug-likeness (QED) is 0.141. The Balaban J connectivity index is 1.25. The number of aryl methyl sites for hydroxylation is 4. The van der Waals surface area contributed by atoms with E-state index in [1.165, 1.54) is 88.0 Å². The minimum atomic E-state index is -0.701. The number of rotatable bonds is 8. The smallest absolute Gasteiger partial charge is 0.0720 e. The molecule has 11 aromatic carbocycles. The molecule has 11 aromatic rings. The maximum atomic E-state index is 2.55. The summed E-state index contributed by atoms with van der Waals surface area (Å²) in [6.45, 7) is 8.79. The highest BCUT2D eigenvalue weighted by atomic mass is 15.1. The number of hydrogen-bond acceptors (Lipinski definition) is 2. The van der Waals surface area contributed by atoms with Gasteiger partial charge in [-0.25, -0.2) is 0 Å². The molecule has 1 aliphatic carbocycles. The van der Waals surface area contributed by atoms with E-state index >= 15 is 0 Å². The van der Waals surface area contributed by atoms with Gasteiger partial charge in [0.15, 0.2) is 0 Å². The van der Waals surface area contributed by atoms with Crippen molar-refractivity contribution in [2.45, 2.75) is 33.1 Å². The molecule has 0 spiro atoms. The third-order valence-electron chi connectivity index (χ3n) is 13.9. The van der Waals surface area contributed by atoms with Gasteiger partial charge in [-0.15, -0.1) is 0 Å². The number of nitrogens with zero attached hydrogens (tertiary/aromatic N) is 2. The van der Waals surface area contributed by atoms with E-state index in [0.29, 0.717) is 0 Å². The Morgan fingerprint density at radius 2 is 0.716 bits per heavy atom. The molecule has 1 aliphatic rings. The van der Waals surface area contributed by atoms with E-state index in [1.54, 1.807) is 0 Å². The van der Waals surface area contributed by atoms with Gasteiger partial charge in [0.25, 0.3) is 0 Å². The summed E-state index contributed by atoms with van der Waals surface area (Å²) in [5, 5.41) is 7.41. The Kier molecular flexibility index (Phi) is 9.66. The minimum Gasteiger partial charge on any atom is -0.310 e. The summed E-state index contributed by atoms with van der Waals surface area (Å²) in [7, 11) is 0. The van der Waals surface area contributed by atoms with Crippen molar-refractivity contribution in [1.82, 2.24) is 0 Å². The van der Waals surface area contributed by atoms with Gasteiger partial charge in [0.05, 0.1) is 11.1 Å². The summed E-state index contributed by atoms with van der Waals surface area (Å²) in [6, 6.07) is 86.1. The summed E-state index contributed by atoms with van der Waals surface area (Å²) in [4.78, 5) is 4.91. The normalized spacial score (nSPS) is 12.6. The van der Waals surface area contributed by atoms with Crippen LogP contribution in [0, 0.1) is 27.7 Å². The second-order valence-corrected chi connectivity index (χ2v) is 18.4. The van der Waals surface area contributed by atoms with E-state index < -0.39 is 5.41 Å². The van der Waals surface area contributed by atoms with Crippen molar-refractivity contribution in [2.75, 3.05) is 9.80 Å². The lowest BCUT2D eigenvalue weighted by molar-refractivity contribution is 0.776. The van der Waals surface area contributed by atoms with Crippen LogP contribution in [0.15, 0.2) is 231 Å². The molecule has 2 nitrogen and oxygen atoms in total. The van der Waals surface area contributed by atoms with Gasteiger partial charge < -0.3 is 9.80 Å². The minimum absolute atomic E-state index is 0.701. The van der Waals surface area contributed by atoms with Crippen LogP contribution in [0.5, 0.6) is 0 Å². The van der Waals surface area contributed by atoms with Crippen LogP contribution in [-0.2, 0) is 5.41 Å². The van der Waals surface area contributed by atoms with Crippen molar-refractivity contribution in [3.05, 3.63) is 275 Å². The first-order valence-corrected chi connectivity index (χ1v) is 23.4. The molecule has 0 amide bonds. The van der Waals surface area contributed by atoms with E-state index in [-0.39, 0.29) is 0 Å². The van der Waals surface area contributed by atoms with Gasteiger partial charge in [-0.1, -0.05) is 164 Å². The van der Waals surface area contributed by atoms with Crippen molar-refractivity contribution >= 4 is 66.4 Å². The first kappa shape index (κ1) is 40.3. The first-order valence-electron chi connectivity index (χ1n) is 23.4. The van der Waals surface area contributed by atoms with Gasteiger partial charge in [-0.2, -0.15) is 0 Å². The molecule has 2 heteroatoms. The van der Waals surface area contributed by atoms with E-state index in [4.69, 9.17) is 0 Å². The van der Waals surface area contributed by atoms with Crippen LogP contribution in [0.1, 0.15) is 44.5 Å². The molecule has 0 aliphatic heterocycles. The van der Waals surface area contributed by atoms with Crippen molar-refractivity contribution in [2.24, 2.45) is 0 Å². The van der Waals surface area contributed by atoms with Crippen LogP contribution >= 0.6 is 0 Å². The molecular formula is C65H50N2. The Morgan fingerprint density at radius 3 is 1.25 bits per heavy atom. The highest BCUT2D eigenvalue weighted by molar-refractivity contribution is 6.24. The Morgan fingerprint density at radius 1 is 0.284 bits per heavy atom. The van der Waals surface area contributed by atoms with Crippen LogP contribution in [0.25, 0.3) is 43.4 Å². The Bertz CT molecular complexity index is 3590. The van der Waals surface area contributed by atoms with Gasteiger partial charge in [-0.05, 0) is 177 Å². The summed E-state index contributed by atoms with van der Waals surface area (Å²) in [6.07, 6.45) is 0. The number of fused-ring (bicyclic) bond motifs is 10. The van der Waals surface area contributed by atoms with Crippen LogP contribution in [-0.4, -0.2) is 0 Å². The predicted octanol–water partition coefficient (Wildman–Crippen LogP) is 17.7. The Hall–Kier alpha value is -8.20. The molecular weight excluding hydrogens is 809 g/mol. The fraction of sp³-hybridized carbons (Fsp3) is 0.0769. The maximum absolute atomic E-state index is 2.55. The molecule has 0 heterocycles. The summed E-state index contributed by atoms with van der Waals surface area (Å²) in [5.74, 6) is 0. The average molecular weight is 859 g/mol. The average Bonchev–Trinajstić information content (AvgIpc) is 3.67. The first-order chi connectivity index (χ1) is 32.9. The zero-order valence-electron chi connectivity index (χ0n) is 38.3. The lowest BCUT2D eigenvalue weighted by Gasteiger charge is -2.36. The standard InChI is InChI=1S/C65H50N2/c1-43-35-44(2)38-52(37-43)66(49-25-13-7-14-26-49)51-33-34-58-59(41-51)54-29-17-19-31-56(54)63-62-57-32-20-18-30-55(57)61(67(50-27-15-8-16-28-50)53-39-45(3)36-46(4)40-53)42-60(62)65(64(58)63,47-21-9-5-10-22-47)48-23-11-6-12-24-48/h5-42H,1-4H3. The lowest BCUT2D eigenvalue weighted by Crippen LogP contribution is -2.29. The molecule has 0 bridgehead atoms. The molecule has 0 N–H and O–H groups in total.